The first-order valence-corrected chi connectivity index (χ1v) is 7.73. The summed E-state index contributed by atoms with van der Waals surface area (Å²) in [6.45, 7) is -0.234. The summed E-state index contributed by atoms with van der Waals surface area (Å²) in [6, 6.07) is 6.91. The summed E-state index contributed by atoms with van der Waals surface area (Å²) in [5.41, 5.74) is 1.09. The number of amides is 1. The quantitative estimate of drug-likeness (QED) is 0.746. The third-order valence-corrected chi connectivity index (χ3v) is 4.28. The van der Waals surface area contributed by atoms with E-state index in [1.165, 1.54) is 0 Å². The van der Waals surface area contributed by atoms with Crippen molar-refractivity contribution in [1.82, 2.24) is 10.3 Å². The van der Waals surface area contributed by atoms with Crippen molar-refractivity contribution < 1.29 is 19.4 Å². The fraction of sp³-hybridized carbons (Fsp3) is 0.412. The van der Waals surface area contributed by atoms with Gasteiger partial charge in [-0.3, -0.25) is 9.78 Å². The van der Waals surface area contributed by atoms with Gasteiger partial charge in [0.15, 0.2) is 5.76 Å². The molecule has 0 radical (unpaired) electrons. The van der Waals surface area contributed by atoms with Gasteiger partial charge in [-0.2, -0.15) is 0 Å². The van der Waals surface area contributed by atoms with E-state index in [1.807, 2.05) is 12.1 Å². The lowest BCUT2D eigenvalue weighted by atomic mass is 9.75. The Labute approximate surface area is 134 Å². The Morgan fingerprint density at radius 2 is 2.04 bits per heavy atom. The van der Waals surface area contributed by atoms with Crippen molar-refractivity contribution in [3.8, 4) is 0 Å². The third kappa shape index (κ3) is 3.78. The van der Waals surface area contributed by atoms with Gasteiger partial charge < -0.3 is 19.9 Å². The smallest absolute Gasteiger partial charge is 0.287 e. The minimum absolute atomic E-state index is 0.0732. The fourth-order valence-electron chi connectivity index (χ4n) is 2.89. The molecule has 1 aliphatic rings. The molecule has 122 valence electrons. The van der Waals surface area contributed by atoms with Crippen molar-refractivity contribution in [2.75, 3.05) is 0 Å². The van der Waals surface area contributed by atoms with Gasteiger partial charge in [0.2, 0.25) is 0 Å². The van der Waals surface area contributed by atoms with Crippen molar-refractivity contribution in [1.29, 1.82) is 0 Å². The summed E-state index contributed by atoms with van der Waals surface area (Å²) in [4.78, 5) is 16.3. The number of aliphatic hydroxyl groups excluding tert-OH is 2. The van der Waals surface area contributed by atoms with Crippen molar-refractivity contribution in [2.24, 2.45) is 5.92 Å². The van der Waals surface area contributed by atoms with Crippen molar-refractivity contribution in [3.05, 3.63) is 53.7 Å². The summed E-state index contributed by atoms with van der Waals surface area (Å²) >= 11 is 0. The van der Waals surface area contributed by atoms with Crippen LogP contribution < -0.4 is 5.32 Å². The Hall–Kier alpha value is -2.18. The zero-order chi connectivity index (χ0) is 16.2. The molecule has 23 heavy (non-hydrogen) atoms. The molecule has 6 nitrogen and oxygen atoms in total. The molecule has 0 bridgehead atoms. The van der Waals surface area contributed by atoms with E-state index >= 15 is 0 Å². The van der Waals surface area contributed by atoms with Crippen LogP contribution >= 0.6 is 0 Å². The number of hydrogen-bond donors (Lipinski definition) is 3. The molecule has 6 heteroatoms. The Morgan fingerprint density at radius 3 is 2.65 bits per heavy atom. The van der Waals surface area contributed by atoms with Gasteiger partial charge in [0.05, 0.1) is 6.10 Å². The number of carbonyl (C=O) groups is 1. The van der Waals surface area contributed by atoms with Crippen LogP contribution in [-0.2, 0) is 13.0 Å². The normalized spacial score (nSPS) is 21.5. The van der Waals surface area contributed by atoms with Gasteiger partial charge in [0.25, 0.3) is 5.91 Å². The zero-order valence-electron chi connectivity index (χ0n) is 12.7. The maximum absolute atomic E-state index is 12.3. The fourth-order valence-corrected chi connectivity index (χ4v) is 2.89. The lowest BCUT2D eigenvalue weighted by Crippen LogP contribution is -2.48. The highest BCUT2D eigenvalue weighted by molar-refractivity contribution is 5.91. The van der Waals surface area contributed by atoms with Gasteiger partial charge >= 0.3 is 0 Å². The number of nitrogens with zero attached hydrogens (tertiary/aromatic N) is 1. The van der Waals surface area contributed by atoms with Crippen LogP contribution in [0.25, 0.3) is 0 Å². The number of furan rings is 1. The van der Waals surface area contributed by atoms with Crippen molar-refractivity contribution >= 4 is 5.91 Å². The zero-order valence-corrected chi connectivity index (χ0v) is 12.7. The predicted octanol–water partition coefficient (Wildman–Crippen LogP) is 1.28. The van der Waals surface area contributed by atoms with Gasteiger partial charge in [-0.15, -0.1) is 0 Å². The predicted molar refractivity (Wildman–Crippen MR) is 82.6 cm³/mol. The SMILES string of the molecule is O=C(NC(Cc1ccncc1)C1CC(O)C1)c1ccc(CO)o1. The molecule has 3 rings (SSSR count). The molecule has 0 aromatic carbocycles. The van der Waals surface area contributed by atoms with Gasteiger partial charge in [0.1, 0.15) is 12.4 Å². The summed E-state index contributed by atoms with van der Waals surface area (Å²) < 4.78 is 5.28. The summed E-state index contributed by atoms with van der Waals surface area (Å²) in [5.74, 6) is 0.494. The second kappa shape index (κ2) is 6.93. The van der Waals surface area contributed by atoms with Gasteiger partial charge in [-0.05, 0) is 55.0 Å². The first-order chi connectivity index (χ1) is 11.2. The van der Waals surface area contributed by atoms with Gasteiger partial charge in [-0.25, -0.2) is 0 Å². The molecule has 0 aliphatic heterocycles. The molecule has 1 fully saturated rings. The highest BCUT2D eigenvalue weighted by Crippen LogP contribution is 2.32. The van der Waals surface area contributed by atoms with E-state index in [0.29, 0.717) is 25.0 Å². The van der Waals surface area contributed by atoms with E-state index < -0.39 is 0 Å². The number of nitrogens with one attached hydrogen (secondary N) is 1. The molecule has 2 aromatic rings. The Kier molecular flexibility index (Phi) is 4.73. The van der Waals surface area contributed by atoms with E-state index in [4.69, 9.17) is 9.52 Å². The van der Waals surface area contributed by atoms with Gasteiger partial charge in [0, 0.05) is 18.4 Å². The average Bonchev–Trinajstić information content (AvgIpc) is 3.01. The van der Waals surface area contributed by atoms with E-state index in [1.54, 1.807) is 24.5 Å². The highest BCUT2D eigenvalue weighted by Gasteiger charge is 2.35. The second-order valence-corrected chi connectivity index (χ2v) is 5.95. The van der Waals surface area contributed by atoms with Crippen LogP contribution in [0.15, 0.2) is 41.1 Å². The highest BCUT2D eigenvalue weighted by atomic mass is 16.4. The van der Waals surface area contributed by atoms with Crippen molar-refractivity contribution in [2.45, 2.75) is 38.0 Å². The summed E-state index contributed by atoms with van der Waals surface area (Å²) in [7, 11) is 0. The molecule has 2 aromatic heterocycles. The van der Waals surface area contributed by atoms with Crippen LogP contribution in [0.5, 0.6) is 0 Å². The van der Waals surface area contributed by atoms with E-state index in [2.05, 4.69) is 10.3 Å². The number of aliphatic hydroxyl groups is 2. The van der Waals surface area contributed by atoms with Crippen LogP contribution in [-0.4, -0.2) is 33.3 Å². The number of pyridine rings is 1. The summed E-state index contributed by atoms with van der Waals surface area (Å²) in [6.07, 6.45) is 5.24. The number of aromatic nitrogens is 1. The van der Waals surface area contributed by atoms with E-state index in [9.17, 15) is 9.90 Å². The monoisotopic (exact) mass is 316 g/mol. The lowest BCUT2D eigenvalue weighted by Gasteiger charge is -2.38. The Balaban J connectivity index is 1.69. The number of rotatable bonds is 6. The Bertz CT molecular complexity index is 650. The molecule has 1 unspecified atom stereocenters. The first kappa shape index (κ1) is 15.7. The van der Waals surface area contributed by atoms with E-state index in [0.717, 1.165) is 5.56 Å². The average molecular weight is 316 g/mol. The maximum Gasteiger partial charge on any atom is 0.287 e. The van der Waals surface area contributed by atoms with Crippen LogP contribution in [0.4, 0.5) is 0 Å². The lowest BCUT2D eigenvalue weighted by molar-refractivity contribution is 0.0236. The number of carbonyl (C=O) groups excluding carboxylic acids is 1. The van der Waals surface area contributed by atoms with Crippen LogP contribution in [0.3, 0.4) is 0 Å². The molecule has 0 spiro atoms. The summed E-state index contributed by atoms with van der Waals surface area (Å²) in [5, 5.41) is 21.6. The molecular weight excluding hydrogens is 296 g/mol. The van der Waals surface area contributed by atoms with Crippen molar-refractivity contribution in [3.63, 3.8) is 0 Å². The molecule has 1 atom stereocenters. The van der Waals surface area contributed by atoms with Gasteiger partial charge in [-0.1, -0.05) is 0 Å². The molecule has 1 amide bonds. The van der Waals surface area contributed by atoms with E-state index in [-0.39, 0.29) is 36.3 Å². The molecular formula is C17H20N2O4. The van der Waals surface area contributed by atoms with Crippen LogP contribution in [0.1, 0.15) is 34.7 Å². The Morgan fingerprint density at radius 1 is 1.30 bits per heavy atom. The maximum atomic E-state index is 12.3. The molecule has 0 saturated heterocycles. The minimum atomic E-state index is -0.301. The standard InChI is InChI=1S/C17H20N2O4/c20-10-14-1-2-16(23-14)17(22)19-15(12-8-13(21)9-12)7-11-3-5-18-6-4-11/h1-6,12-13,15,20-21H,7-10H2,(H,19,22). The molecule has 3 N–H and O–H groups in total. The van der Waals surface area contributed by atoms with Crippen LogP contribution in [0, 0.1) is 5.92 Å². The topological polar surface area (TPSA) is 95.6 Å². The first-order valence-electron chi connectivity index (χ1n) is 7.73. The largest absolute Gasteiger partial charge is 0.453 e. The molecule has 1 saturated carbocycles. The molecule has 1 aliphatic carbocycles. The third-order valence-electron chi connectivity index (χ3n) is 4.28. The minimum Gasteiger partial charge on any atom is -0.453 e. The van der Waals surface area contributed by atoms with Crippen LogP contribution in [0.2, 0.25) is 0 Å². The number of hydrogen-bond acceptors (Lipinski definition) is 5. The second-order valence-electron chi connectivity index (χ2n) is 5.95. The molecule has 2 heterocycles.